The first-order valence-electron chi connectivity index (χ1n) is 6.71. The fraction of sp³-hybridized carbons (Fsp3) is 0.429. The Kier molecular flexibility index (Phi) is 4.52. The van der Waals surface area contributed by atoms with Crippen LogP contribution in [0.15, 0.2) is 18.2 Å². The molecule has 1 amide bonds. The van der Waals surface area contributed by atoms with Crippen LogP contribution in [0.5, 0.6) is 0 Å². The standard InChI is InChI=1S/C14H18N2O5S/c1-9-5-11(14(18)21-2)3-4-12(9)16-7-10(6-13(16)17)8-22(15,19)20/h3-5,10H,6-8H2,1-2H3,(H2,15,19,20). The van der Waals surface area contributed by atoms with Gasteiger partial charge in [0.1, 0.15) is 0 Å². The van der Waals surface area contributed by atoms with E-state index in [0.717, 1.165) is 5.56 Å². The molecule has 1 aromatic carbocycles. The average Bonchev–Trinajstić information content (AvgIpc) is 2.76. The normalized spacial score (nSPS) is 18.6. The third-order valence-electron chi connectivity index (χ3n) is 3.58. The highest BCUT2D eigenvalue weighted by molar-refractivity contribution is 7.89. The smallest absolute Gasteiger partial charge is 0.337 e. The van der Waals surface area contributed by atoms with Crippen LogP contribution in [0.2, 0.25) is 0 Å². The molecule has 2 rings (SSSR count). The summed E-state index contributed by atoms with van der Waals surface area (Å²) in [6, 6.07) is 4.88. The number of ether oxygens (including phenoxy) is 1. The van der Waals surface area contributed by atoms with E-state index < -0.39 is 16.0 Å². The van der Waals surface area contributed by atoms with Crippen molar-refractivity contribution in [1.82, 2.24) is 0 Å². The molecule has 0 aliphatic carbocycles. The molecule has 1 heterocycles. The van der Waals surface area contributed by atoms with E-state index in [1.54, 1.807) is 25.1 Å². The molecule has 1 aliphatic heterocycles. The molecule has 22 heavy (non-hydrogen) atoms. The van der Waals surface area contributed by atoms with E-state index in [0.29, 0.717) is 17.8 Å². The number of methoxy groups -OCH3 is 1. The Morgan fingerprint density at radius 1 is 1.45 bits per heavy atom. The summed E-state index contributed by atoms with van der Waals surface area (Å²) in [6.07, 6.45) is 0.147. The minimum atomic E-state index is -3.61. The highest BCUT2D eigenvalue weighted by Gasteiger charge is 2.33. The van der Waals surface area contributed by atoms with Gasteiger partial charge in [0, 0.05) is 24.6 Å². The lowest BCUT2D eigenvalue weighted by Gasteiger charge is -2.19. The van der Waals surface area contributed by atoms with Crippen molar-refractivity contribution >= 4 is 27.6 Å². The largest absolute Gasteiger partial charge is 0.465 e. The van der Waals surface area contributed by atoms with Crippen LogP contribution in [0.4, 0.5) is 5.69 Å². The van der Waals surface area contributed by atoms with Crippen LogP contribution in [0.1, 0.15) is 22.3 Å². The van der Waals surface area contributed by atoms with Crippen molar-refractivity contribution < 1.29 is 22.7 Å². The maximum absolute atomic E-state index is 12.1. The summed E-state index contributed by atoms with van der Waals surface area (Å²) in [5.41, 5.74) is 1.80. The first kappa shape index (κ1) is 16.4. The van der Waals surface area contributed by atoms with E-state index >= 15 is 0 Å². The second kappa shape index (κ2) is 6.05. The number of benzene rings is 1. The van der Waals surface area contributed by atoms with Crippen molar-refractivity contribution in [2.24, 2.45) is 11.1 Å². The van der Waals surface area contributed by atoms with Crippen LogP contribution in [0.3, 0.4) is 0 Å². The van der Waals surface area contributed by atoms with E-state index in [2.05, 4.69) is 4.74 Å². The maximum Gasteiger partial charge on any atom is 0.337 e. The highest BCUT2D eigenvalue weighted by Crippen LogP contribution is 2.29. The van der Waals surface area contributed by atoms with Crippen molar-refractivity contribution in [3.05, 3.63) is 29.3 Å². The first-order valence-corrected chi connectivity index (χ1v) is 8.42. The predicted molar refractivity (Wildman–Crippen MR) is 81.0 cm³/mol. The van der Waals surface area contributed by atoms with Crippen LogP contribution >= 0.6 is 0 Å². The molecule has 1 unspecified atom stereocenters. The second-order valence-corrected chi connectivity index (χ2v) is 7.06. The van der Waals surface area contributed by atoms with E-state index in [4.69, 9.17) is 5.14 Å². The van der Waals surface area contributed by atoms with Gasteiger partial charge in [-0.25, -0.2) is 18.4 Å². The molecule has 1 aromatic rings. The molecule has 7 nitrogen and oxygen atoms in total. The summed E-state index contributed by atoms with van der Waals surface area (Å²) in [4.78, 5) is 25.1. The SMILES string of the molecule is COC(=O)c1ccc(N2CC(CS(N)(=O)=O)CC2=O)c(C)c1. The Bertz CT molecular complexity index is 714. The summed E-state index contributed by atoms with van der Waals surface area (Å²) in [5, 5.41) is 5.03. The van der Waals surface area contributed by atoms with Gasteiger partial charge in [0.15, 0.2) is 0 Å². The topological polar surface area (TPSA) is 107 Å². The molecule has 0 aromatic heterocycles. The van der Waals surface area contributed by atoms with Gasteiger partial charge < -0.3 is 9.64 Å². The zero-order valence-electron chi connectivity index (χ0n) is 12.4. The number of aryl methyl sites for hydroxylation is 1. The lowest BCUT2D eigenvalue weighted by Crippen LogP contribution is -2.28. The lowest BCUT2D eigenvalue weighted by atomic mass is 10.1. The number of nitrogens with zero attached hydrogens (tertiary/aromatic N) is 1. The minimum absolute atomic E-state index is 0.147. The van der Waals surface area contributed by atoms with Crippen molar-refractivity contribution in [3.8, 4) is 0 Å². The summed E-state index contributed by atoms with van der Waals surface area (Å²) in [7, 11) is -2.31. The predicted octanol–water partition coefficient (Wildman–Crippen LogP) is 0.423. The number of anilines is 1. The quantitative estimate of drug-likeness (QED) is 0.807. The highest BCUT2D eigenvalue weighted by atomic mass is 32.2. The molecule has 1 fully saturated rings. The van der Waals surface area contributed by atoms with Crippen molar-refractivity contribution in [1.29, 1.82) is 0 Å². The number of nitrogens with two attached hydrogens (primary N) is 1. The number of hydrogen-bond acceptors (Lipinski definition) is 5. The van der Waals surface area contributed by atoms with Crippen LogP contribution in [-0.2, 0) is 19.6 Å². The van der Waals surface area contributed by atoms with Crippen LogP contribution in [0, 0.1) is 12.8 Å². The second-order valence-electron chi connectivity index (χ2n) is 5.40. The molecule has 8 heteroatoms. The molecular formula is C14H18N2O5S. The fourth-order valence-electron chi connectivity index (χ4n) is 2.66. The monoisotopic (exact) mass is 326 g/mol. The van der Waals surface area contributed by atoms with Gasteiger partial charge in [-0.3, -0.25) is 4.79 Å². The van der Waals surface area contributed by atoms with E-state index in [9.17, 15) is 18.0 Å². The number of carbonyl (C=O) groups excluding carboxylic acids is 2. The zero-order chi connectivity index (χ0) is 16.5. The number of rotatable bonds is 4. The van der Waals surface area contributed by atoms with Crippen LogP contribution in [0.25, 0.3) is 0 Å². The summed E-state index contributed by atoms with van der Waals surface area (Å²) < 4.78 is 27.0. The fourth-order valence-corrected chi connectivity index (χ4v) is 3.54. The van der Waals surface area contributed by atoms with Gasteiger partial charge in [0.2, 0.25) is 15.9 Å². The number of carbonyl (C=O) groups is 2. The van der Waals surface area contributed by atoms with Gasteiger partial charge in [0.05, 0.1) is 18.4 Å². The maximum atomic E-state index is 12.1. The number of esters is 1. The minimum Gasteiger partial charge on any atom is -0.465 e. The first-order chi connectivity index (χ1) is 10.2. The molecule has 1 atom stereocenters. The van der Waals surface area contributed by atoms with Crippen LogP contribution < -0.4 is 10.0 Å². The van der Waals surface area contributed by atoms with Gasteiger partial charge in [-0.2, -0.15) is 0 Å². The Hall–Kier alpha value is -1.93. The number of amides is 1. The number of hydrogen-bond donors (Lipinski definition) is 1. The Labute approximate surface area is 129 Å². The van der Waals surface area contributed by atoms with Gasteiger partial charge in [-0.05, 0) is 30.7 Å². The average molecular weight is 326 g/mol. The molecule has 1 saturated heterocycles. The summed E-state index contributed by atoms with van der Waals surface area (Å²) in [6.45, 7) is 2.08. The van der Waals surface area contributed by atoms with Gasteiger partial charge >= 0.3 is 5.97 Å². The van der Waals surface area contributed by atoms with Gasteiger partial charge in [-0.1, -0.05) is 0 Å². The third kappa shape index (κ3) is 3.63. The Balaban J connectivity index is 2.22. The van der Waals surface area contributed by atoms with Crippen LogP contribution in [-0.4, -0.2) is 39.7 Å². The number of primary sulfonamides is 1. The Morgan fingerprint density at radius 2 is 2.14 bits per heavy atom. The van der Waals surface area contributed by atoms with Crippen molar-refractivity contribution in [2.45, 2.75) is 13.3 Å². The molecule has 0 bridgehead atoms. The van der Waals surface area contributed by atoms with Gasteiger partial charge in [0.25, 0.3) is 0 Å². The molecule has 2 N–H and O–H groups in total. The third-order valence-corrected chi connectivity index (χ3v) is 4.52. The molecule has 1 aliphatic rings. The molecule has 120 valence electrons. The molecule has 0 saturated carbocycles. The zero-order valence-corrected chi connectivity index (χ0v) is 13.2. The van der Waals surface area contributed by atoms with Gasteiger partial charge in [-0.15, -0.1) is 0 Å². The molecule has 0 radical (unpaired) electrons. The summed E-state index contributed by atoms with van der Waals surface area (Å²) in [5.74, 6) is -1.13. The number of sulfonamides is 1. The van der Waals surface area contributed by atoms with E-state index in [-0.39, 0.29) is 24.0 Å². The Morgan fingerprint density at radius 3 is 2.68 bits per heavy atom. The summed E-state index contributed by atoms with van der Waals surface area (Å²) >= 11 is 0. The molecule has 0 spiro atoms. The van der Waals surface area contributed by atoms with Crippen molar-refractivity contribution in [2.75, 3.05) is 24.3 Å². The molecular weight excluding hydrogens is 308 g/mol. The van der Waals surface area contributed by atoms with E-state index in [1.807, 2.05) is 0 Å². The van der Waals surface area contributed by atoms with Crippen molar-refractivity contribution in [3.63, 3.8) is 0 Å². The lowest BCUT2D eigenvalue weighted by molar-refractivity contribution is -0.117. The van der Waals surface area contributed by atoms with E-state index in [1.165, 1.54) is 12.0 Å².